The van der Waals surface area contributed by atoms with Gasteiger partial charge in [-0.2, -0.15) is 0 Å². The van der Waals surface area contributed by atoms with E-state index in [1.807, 2.05) is 39.0 Å². The summed E-state index contributed by atoms with van der Waals surface area (Å²) in [5.74, 6) is 0.201. The van der Waals surface area contributed by atoms with E-state index in [1.54, 1.807) is 24.3 Å². The number of aryl methyl sites for hydroxylation is 1. The number of nitrogens with one attached hydrogen (secondary N) is 1. The van der Waals surface area contributed by atoms with Crippen molar-refractivity contribution in [2.24, 2.45) is 0 Å². The van der Waals surface area contributed by atoms with E-state index in [1.165, 1.54) is 7.11 Å². The average Bonchev–Trinajstić information content (AvgIpc) is 2.64. The van der Waals surface area contributed by atoms with Gasteiger partial charge in [0.1, 0.15) is 16.2 Å². The molecule has 164 valence electrons. The molecule has 0 saturated heterocycles. The third-order valence-corrected chi connectivity index (χ3v) is 6.32. The number of methoxy groups -OCH3 is 1. The fraction of sp³-hybridized carbons (Fsp3) is 0.409. The molecule has 30 heavy (non-hydrogen) atoms. The Hall–Kier alpha value is -2.06. The lowest BCUT2D eigenvalue weighted by molar-refractivity contribution is 0.0527. The summed E-state index contributed by atoms with van der Waals surface area (Å²) in [5.41, 5.74) is 1.19. The van der Waals surface area contributed by atoms with Crippen LogP contribution in [0.2, 0.25) is 0 Å². The maximum Gasteiger partial charge on any atom is 0.407 e. The molecule has 0 bridgehead atoms. The Morgan fingerprint density at radius 1 is 1.10 bits per heavy atom. The number of alkyl carbamates (subject to hydrolysis) is 1. The molecule has 0 aliphatic heterocycles. The van der Waals surface area contributed by atoms with Crippen LogP contribution in [0.15, 0.2) is 51.8 Å². The molecule has 8 heteroatoms. The number of ether oxygens (including phenoxy) is 2. The van der Waals surface area contributed by atoms with Gasteiger partial charge in [-0.05, 0) is 62.9 Å². The maximum atomic E-state index is 12.9. The van der Waals surface area contributed by atoms with Crippen molar-refractivity contribution in [2.75, 3.05) is 13.7 Å². The minimum atomic E-state index is -3.58. The van der Waals surface area contributed by atoms with Gasteiger partial charge >= 0.3 is 6.09 Å². The topological polar surface area (TPSA) is 81.7 Å². The van der Waals surface area contributed by atoms with Crippen LogP contribution in [0.4, 0.5) is 4.79 Å². The number of halogens is 1. The number of benzene rings is 2. The summed E-state index contributed by atoms with van der Waals surface area (Å²) in [6, 6.07) is 12.4. The molecular weight excluding hydrogens is 470 g/mol. The number of sulfone groups is 1. The van der Waals surface area contributed by atoms with Crippen molar-refractivity contribution in [3.63, 3.8) is 0 Å². The normalized spacial score (nSPS) is 11.8. The third-order valence-electron chi connectivity index (χ3n) is 4.12. The second kappa shape index (κ2) is 10.3. The highest BCUT2D eigenvalue weighted by Gasteiger charge is 2.21. The largest absolute Gasteiger partial charge is 0.495 e. The van der Waals surface area contributed by atoms with Gasteiger partial charge in [0.05, 0.1) is 12.9 Å². The van der Waals surface area contributed by atoms with E-state index >= 15 is 0 Å². The summed E-state index contributed by atoms with van der Waals surface area (Å²) in [6.07, 6.45) is 0.990. The SMILES string of the molecule is COc1ccc(Br)cc1S(=O)(=O)Cc1cccc(CCCNC(=O)OC(C)(C)C)c1. The van der Waals surface area contributed by atoms with Crippen molar-refractivity contribution >= 4 is 31.9 Å². The lowest BCUT2D eigenvalue weighted by atomic mass is 10.1. The molecule has 0 aliphatic carbocycles. The van der Waals surface area contributed by atoms with Gasteiger partial charge in [-0.3, -0.25) is 0 Å². The van der Waals surface area contributed by atoms with Gasteiger partial charge in [0, 0.05) is 11.0 Å². The fourth-order valence-corrected chi connectivity index (χ4v) is 4.91. The Balaban J connectivity index is 1.99. The highest BCUT2D eigenvalue weighted by Crippen LogP contribution is 2.30. The van der Waals surface area contributed by atoms with Crippen molar-refractivity contribution < 1.29 is 22.7 Å². The van der Waals surface area contributed by atoms with Gasteiger partial charge in [-0.25, -0.2) is 13.2 Å². The average molecular weight is 498 g/mol. The molecule has 0 saturated carbocycles. The zero-order valence-corrected chi connectivity index (χ0v) is 20.1. The van der Waals surface area contributed by atoms with Crippen LogP contribution in [-0.4, -0.2) is 33.8 Å². The molecular formula is C22H28BrNO5S. The summed E-state index contributed by atoms with van der Waals surface area (Å²) in [6.45, 7) is 5.92. The Kier molecular flexibility index (Phi) is 8.32. The van der Waals surface area contributed by atoms with E-state index in [0.29, 0.717) is 28.8 Å². The molecule has 2 aromatic rings. The lowest BCUT2D eigenvalue weighted by Crippen LogP contribution is -2.33. The van der Waals surface area contributed by atoms with Gasteiger partial charge in [-0.15, -0.1) is 0 Å². The molecule has 0 unspecified atom stereocenters. The van der Waals surface area contributed by atoms with Gasteiger partial charge in [0.2, 0.25) is 0 Å². The lowest BCUT2D eigenvalue weighted by Gasteiger charge is -2.19. The number of carbonyl (C=O) groups excluding carboxylic acids is 1. The summed E-state index contributed by atoms with van der Waals surface area (Å²) in [5, 5.41) is 2.73. The first-order valence-electron chi connectivity index (χ1n) is 9.61. The molecule has 0 aliphatic rings. The van der Waals surface area contributed by atoms with Crippen molar-refractivity contribution in [2.45, 2.75) is 49.9 Å². The second-order valence-electron chi connectivity index (χ2n) is 7.91. The van der Waals surface area contributed by atoms with Crippen LogP contribution in [0.5, 0.6) is 5.75 Å². The van der Waals surface area contributed by atoms with Crippen LogP contribution in [0.25, 0.3) is 0 Å². The number of carbonyl (C=O) groups is 1. The molecule has 0 aromatic heterocycles. The first-order chi connectivity index (χ1) is 14.0. The summed E-state index contributed by atoms with van der Waals surface area (Å²) >= 11 is 3.32. The molecule has 2 rings (SSSR count). The number of amides is 1. The van der Waals surface area contributed by atoms with Crippen molar-refractivity contribution in [1.82, 2.24) is 5.32 Å². The van der Waals surface area contributed by atoms with E-state index in [-0.39, 0.29) is 10.6 Å². The number of rotatable bonds is 8. The van der Waals surface area contributed by atoms with Crippen LogP contribution >= 0.6 is 15.9 Å². The minimum absolute atomic E-state index is 0.121. The molecule has 6 nitrogen and oxygen atoms in total. The quantitative estimate of drug-likeness (QED) is 0.525. The van der Waals surface area contributed by atoms with Crippen LogP contribution in [-0.2, 0) is 26.7 Å². The van der Waals surface area contributed by atoms with Crippen LogP contribution in [0.3, 0.4) is 0 Å². The molecule has 0 fully saturated rings. The molecule has 2 aromatic carbocycles. The first-order valence-corrected chi connectivity index (χ1v) is 12.1. The second-order valence-corrected chi connectivity index (χ2v) is 10.8. The summed E-state index contributed by atoms with van der Waals surface area (Å²) in [7, 11) is -2.13. The van der Waals surface area contributed by atoms with Crippen LogP contribution < -0.4 is 10.1 Å². The molecule has 0 radical (unpaired) electrons. The van der Waals surface area contributed by atoms with Crippen molar-refractivity contribution in [3.8, 4) is 5.75 Å². The highest BCUT2D eigenvalue weighted by atomic mass is 79.9. The molecule has 0 atom stereocenters. The summed E-state index contributed by atoms with van der Waals surface area (Å²) < 4.78 is 37.0. The van der Waals surface area contributed by atoms with Crippen molar-refractivity contribution in [3.05, 3.63) is 58.1 Å². The molecule has 0 spiro atoms. The Bertz CT molecular complexity index is 983. The van der Waals surface area contributed by atoms with E-state index in [4.69, 9.17) is 9.47 Å². The maximum absolute atomic E-state index is 12.9. The van der Waals surface area contributed by atoms with E-state index in [2.05, 4.69) is 21.2 Å². The van der Waals surface area contributed by atoms with Crippen LogP contribution in [0.1, 0.15) is 38.3 Å². The summed E-state index contributed by atoms with van der Waals surface area (Å²) in [4.78, 5) is 11.8. The Morgan fingerprint density at radius 3 is 2.47 bits per heavy atom. The Labute approximate surface area is 187 Å². The smallest absolute Gasteiger partial charge is 0.407 e. The number of hydrogen-bond acceptors (Lipinski definition) is 5. The zero-order valence-electron chi connectivity index (χ0n) is 17.7. The van der Waals surface area contributed by atoms with E-state index < -0.39 is 21.5 Å². The molecule has 1 amide bonds. The van der Waals surface area contributed by atoms with E-state index in [0.717, 1.165) is 12.0 Å². The minimum Gasteiger partial charge on any atom is -0.495 e. The Morgan fingerprint density at radius 2 is 1.80 bits per heavy atom. The predicted molar refractivity (Wildman–Crippen MR) is 121 cm³/mol. The van der Waals surface area contributed by atoms with Crippen molar-refractivity contribution in [1.29, 1.82) is 0 Å². The highest BCUT2D eigenvalue weighted by molar-refractivity contribution is 9.10. The predicted octanol–water partition coefficient (Wildman–Crippen LogP) is 4.89. The number of hydrogen-bond donors (Lipinski definition) is 1. The third kappa shape index (κ3) is 7.65. The first kappa shape index (κ1) is 24.2. The van der Waals surface area contributed by atoms with E-state index in [9.17, 15) is 13.2 Å². The molecule has 1 N–H and O–H groups in total. The standard InChI is InChI=1S/C22H28BrNO5S/c1-22(2,3)29-21(25)24-12-6-9-16-7-5-8-17(13-16)15-30(26,27)20-14-18(23)10-11-19(20)28-4/h5,7-8,10-11,13-14H,6,9,12,15H2,1-4H3,(H,24,25). The zero-order chi connectivity index (χ0) is 22.4. The monoisotopic (exact) mass is 497 g/mol. The van der Waals surface area contributed by atoms with Gasteiger partial charge in [-0.1, -0.05) is 40.2 Å². The van der Waals surface area contributed by atoms with Gasteiger partial charge in [0.15, 0.2) is 9.84 Å². The van der Waals surface area contributed by atoms with Crippen LogP contribution in [0, 0.1) is 0 Å². The van der Waals surface area contributed by atoms with Gasteiger partial charge in [0.25, 0.3) is 0 Å². The molecule has 0 heterocycles. The van der Waals surface area contributed by atoms with Gasteiger partial charge < -0.3 is 14.8 Å². The fourth-order valence-electron chi connectivity index (χ4n) is 2.86.